The van der Waals surface area contributed by atoms with Gasteiger partial charge in [-0.25, -0.2) is 13.1 Å². The molecule has 3 aromatic carbocycles. The van der Waals surface area contributed by atoms with Crippen molar-refractivity contribution in [3.8, 4) is 6.07 Å². The van der Waals surface area contributed by atoms with E-state index >= 15 is 0 Å². The van der Waals surface area contributed by atoms with Gasteiger partial charge in [-0.05, 0) is 42.0 Å². The van der Waals surface area contributed by atoms with Crippen LogP contribution in [0.4, 0.5) is 5.69 Å². The molecule has 0 aliphatic carbocycles. The normalized spacial score (nSPS) is 10.8. The van der Waals surface area contributed by atoms with E-state index in [9.17, 15) is 13.2 Å². The fourth-order valence-corrected chi connectivity index (χ4v) is 3.54. The van der Waals surface area contributed by atoms with E-state index < -0.39 is 15.9 Å². The van der Waals surface area contributed by atoms with E-state index in [1.807, 2.05) is 36.4 Å². The van der Waals surface area contributed by atoms with Crippen LogP contribution in [0.3, 0.4) is 0 Å². The molecule has 1 amide bonds. The largest absolute Gasteiger partial charge is 0.321 e. The number of carbonyl (C=O) groups excluding carboxylic acids is 1. The van der Waals surface area contributed by atoms with Gasteiger partial charge in [0.25, 0.3) is 5.91 Å². The summed E-state index contributed by atoms with van der Waals surface area (Å²) in [5.74, 6) is -0.427. The fraction of sp³-hybridized carbons (Fsp3) is 0.0476. The van der Waals surface area contributed by atoms with Crippen LogP contribution in [0.15, 0.2) is 83.8 Å². The summed E-state index contributed by atoms with van der Waals surface area (Å²) >= 11 is 0. The molecule has 0 unspecified atom stereocenters. The van der Waals surface area contributed by atoms with Gasteiger partial charge in [-0.15, -0.1) is 0 Å². The molecule has 28 heavy (non-hydrogen) atoms. The summed E-state index contributed by atoms with van der Waals surface area (Å²) < 4.78 is 27.4. The van der Waals surface area contributed by atoms with E-state index in [0.717, 1.165) is 5.56 Å². The van der Waals surface area contributed by atoms with E-state index in [1.54, 1.807) is 24.3 Å². The van der Waals surface area contributed by atoms with Crippen molar-refractivity contribution in [1.82, 2.24) is 4.72 Å². The molecule has 2 N–H and O–H groups in total. The topological polar surface area (TPSA) is 99.1 Å². The van der Waals surface area contributed by atoms with Gasteiger partial charge < -0.3 is 5.32 Å². The van der Waals surface area contributed by atoms with Crippen LogP contribution in [0.25, 0.3) is 0 Å². The second-order valence-corrected chi connectivity index (χ2v) is 7.71. The Kier molecular flexibility index (Phi) is 5.84. The fourth-order valence-electron chi connectivity index (χ4n) is 2.53. The third-order valence-electron chi connectivity index (χ3n) is 4.03. The SMILES string of the molecule is N#Cc1ccccc1NC(=O)c1ccc(S(=O)(=O)NCc2ccccc2)cc1. The first-order chi connectivity index (χ1) is 13.5. The highest BCUT2D eigenvalue weighted by Crippen LogP contribution is 2.16. The molecular formula is C21H17N3O3S. The van der Waals surface area contributed by atoms with Gasteiger partial charge >= 0.3 is 0 Å². The molecule has 0 aliphatic rings. The lowest BCUT2D eigenvalue weighted by Gasteiger charge is -2.09. The molecule has 0 aliphatic heterocycles. The van der Waals surface area contributed by atoms with E-state index in [4.69, 9.17) is 5.26 Å². The molecule has 0 atom stereocenters. The lowest BCUT2D eigenvalue weighted by molar-refractivity contribution is 0.102. The Labute approximate surface area is 163 Å². The van der Waals surface area contributed by atoms with Crippen LogP contribution >= 0.6 is 0 Å². The molecule has 140 valence electrons. The Hall–Kier alpha value is -3.47. The van der Waals surface area contributed by atoms with Crippen molar-refractivity contribution in [1.29, 1.82) is 5.26 Å². The van der Waals surface area contributed by atoms with E-state index in [0.29, 0.717) is 11.3 Å². The number of nitriles is 1. The van der Waals surface area contributed by atoms with Crippen molar-refractivity contribution < 1.29 is 13.2 Å². The Bertz CT molecular complexity index is 1120. The molecular weight excluding hydrogens is 374 g/mol. The lowest BCUT2D eigenvalue weighted by Crippen LogP contribution is -2.23. The molecule has 0 saturated heterocycles. The Morgan fingerprint density at radius 3 is 2.21 bits per heavy atom. The van der Waals surface area contributed by atoms with E-state index in [-0.39, 0.29) is 17.0 Å². The number of nitrogens with zero attached hydrogens (tertiary/aromatic N) is 1. The van der Waals surface area contributed by atoms with E-state index in [1.165, 1.54) is 24.3 Å². The molecule has 0 spiro atoms. The predicted molar refractivity (Wildman–Crippen MR) is 106 cm³/mol. The first kappa shape index (κ1) is 19.3. The smallest absolute Gasteiger partial charge is 0.255 e. The number of carbonyl (C=O) groups is 1. The van der Waals surface area contributed by atoms with E-state index in [2.05, 4.69) is 10.0 Å². The van der Waals surface area contributed by atoms with Gasteiger partial charge in [0, 0.05) is 12.1 Å². The Balaban J connectivity index is 1.70. The molecule has 6 nitrogen and oxygen atoms in total. The van der Waals surface area contributed by atoms with Crippen LogP contribution in [-0.4, -0.2) is 14.3 Å². The number of para-hydroxylation sites is 1. The summed E-state index contributed by atoms with van der Waals surface area (Å²) in [5, 5.41) is 11.7. The summed E-state index contributed by atoms with van der Waals surface area (Å²) in [5.41, 5.74) is 1.88. The van der Waals surface area contributed by atoms with Gasteiger partial charge in [-0.1, -0.05) is 42.5 Å². The first-order valence-corrected chi connectivity index (χ1v) is 9.92. The molecule has 0 bridgehead atoms. The van der Waals surface area contributed by atoms with Crippen LogP contribution in [0.1, 0.15) is 21.5 Å². The number of anilines is 1. The van der Waals surface area contributed by atoms with Gasteiger partial charge in [0.15, 0.2) is 0 Å². The minimum Gasteiger partial charge on any atom is -0.321 e. The minimum atomic E-state index is -3.70. The minimum absolute atomic E-state index is 0.0670. The predicted octanol–water partition coefficient (Wildman–Crippen LogP) is 3.29. The average molecular weight is 391 g/mol. The van der Waals surface area contributed by atoms with Crippen molar-refractivity contribution >= 4 is 21.6 Å². The quantitative estimate of drug-likeness (QED) is 0.673. The maximum atomic E-state index is 12.4. The Morgan fingerprint density at radius 1 is 0.893 bits per heavy atom. The lowest BCUT2D eigenvalue weighted by atomic mass is 10.1. The Morgan fingerprint density at radius 2 is 1.54 bits per heavy atom. The van der Waals surface area contributed by atoms with Crippen LogP contribution in [-0.2, 0) is 16.6 Å². The van der Waals surface area contributed by atoms with Crippen molar-refractivity contribution in [2.24, 2.45) is 0 Å². The zero-order valence-electron chi connectivity index (χ0n) is 14.8. The zero-order chi connectivity index (χ0) is 20.0. The molecule has 0 saturated carbocycles. The van der Waals surface area contributed by atoms with Gasteiger partial charge in [-0.2, -0.15) is 5.26 Å². The summed E-state index contributed by atoms with van der Waals surface area (Å²) in [4.78, 5) is 12.4. The first-order valence-electron chi connectivity index (χ1n) is 8.44. The molecule has 0 radical (unpaired) electrons. The standard InChI is InChI=1S/C21H17N3O3S/c22-14-18-8-4-5-9-20(18)24-21(25)17-10-12-19(13-11-17)28(26,27)23-15-16-6-2-1-3-7-16/h1-13,23H,15H2,(H,24,25). The summed E-state index contributed by atoms with van der Waals surface area (Å²) in [6.07, 6.45) is 0. The van der Waals surface area contributed by atoms with Crippen LogP contribution in [0.2, 0.25) is 0 Å². The van der Waals surface area contributed by atoms with Gasteiger partial charge in [0.2, 0.25) is 10.0 Å². The third kappa shape index (κ3) is 4.62. The number of hydrogen-bond donors (Lipinski definition) is 2. The van der Waals surface area contributed by atoms with Crippen LogP contribution < -0.4 is 10.0 Å². The highest BCUT2D eigenvalue weighted by Gasteiger charge is 2.15. The summed E-state index contributed by atoms with van der Waals surface area (Å²) in [7, 11) is -3.70. The molecule has 3 rings (SSSR count). The second-order valence-electron chi connectivity index (χ2n) is 5.95. The second kappa shape index (κ2) is 8.48. The number of sulfonamides is 1. The average Bonchev–Trinajstić information content (AvgIpc) is 2.73. The molecule has 7 heteroatoms. The van der Waals surface area contributed by atoms with Gasteiger partial charge in [-0.3, -0.25) is 4.79 Å². The number of nitrogens with one attached hydrogen (secondary N) is 2. The molecule has 0 heterocycles. The van der Waals surface area contributed by atoms with Crippen molar-refractivity contribution in [3.05, 3.63) is 95.6 Å². The van der Waals surface area contributed by atoms with Crippen molar-refractivity contribution in [2.45, 2.75) is 11.4 Å². The number of hydrogen-bond acceptors (Lipinski definition) is 4. The molecule has 0 fully saturated rings. The van der Waals surface area contributed by atoms with Crippen molar-refractivity contribution in [2.75, 3.05) is 5.32 Å². The van der Waals surface area contributed by atoms with Gasteiger partial charge in [0.05, 0.1) is 16.1 Å². The van der Waals surface area contributed by atoms with Crippen LogP contribution in [0.5, 0.6) is 0 Å². The third-order valence-corrected chi connectivity index (χ3v) is 5.45. The highest BCUT2D eigenvalue weighted by molar-refractivity contribution is 7.89. The number of benzene rings is 3. The van der Waals surface area contributed by atoms with Crippen molar-refractivity contribution in [3.63, 3.8) is 0 Å². The highest BCUT2D eigenvalue weighted by atomic mass is 32.2. The molecule has 0 aromatic heterocycles. The zero-order valence-corrected chi connectivity index (χ0v) is 15.6. The monoisotopic (exact) mass is 391 g/mol. The summed E-state index contributed by atoms with van der Waals surface area (Å²) in [6, 6.07) is 23.4. The maximum Gasteiger partial charge on any atom is 0.255 e. The summed E-state index contributed by atoms with van der Waals surface area (Å²) in [6.45, 7) is 0.177. The maximum absolute atomic E-state index is 12.4. The van der Waals surface area contributed by atoms with Crippen LogP contribution in [0, 0.1) is 11.3 Å². The molecule has 3 aromatic rings. The number of amides is 1. The number of rotatable bonds is 6. The van der Waals surface area contributed by atoms with Gasteiger partial charge in [0.1, 0.15) is 6.07 Å².